The van der Waals surface area contributed by atoms with E-state index in [1.165, 1.54) is 0 Å². The molecule has 2 N–H and O–H groups in total. The van der Waals surface area contributed by atoms with Crippen molar-refractivity contribution in [3.05, 3.63) is 102 Å². The maximum absolute atomic E-state index is 11.7. The summed E-state index contributed by atoms with van der Waals surface area (Å²) in [5, 5.41) is 4.06. The molecule has 0 saturated carbocycles. The van der Waals surface area contributed by atoms with Gasteiger partial charge < -0.3 is 19.5 Å². The largest absolute Gasteiger partial charge is 0.497 e. The van der Waals surface area contributed by atoms with E-state index >= 15 is 0 Å². The highest BCUT2D eigenvalue weighted by Crippen LogP contribution is 2.44. The molecule has 2 aromatic heterocycles. The first-order valence-electron chi connectivity index (χ1n) is 12.1. The maximum atomic E-state index is 11.7. The molecule has 0 unspecified atom stereocenters. The van der Waals surface area contributed by atoms with Gasteiger partial charge in [-0.25, -0.2) is 8.42 Å². The first-order chi connectivity index (χ1) is 18.2. The van der Waals surface area contributed by atoms with Crippen LogP contribution in [0.2, 0.25) is 0 Å². The fraction of sp³-hybridized carbons (Fsp3) is 0.214. The molecule has 5 rings (SSSR count). The molecular weight excluding hydrogens is 518 g/mol. The van der Waals surface area contributed by atoms with E-state index in [1.807, 2.05) is 54.6 Å². The molecule has 1 saturated heterocycles. The van der Waals surface area contributed by atoms with Gasteiger partial charge in [0.2, 0.25) is 10.0 Å². The number of ether oxygens (including phenoxy) is 1. The van der Waals surface area contributed by atoms with Crippen molar-refractivity contribution in [2.45, 2.75) is 25.9 Å². The number of pyridine rings is 1. The third kappa shape index (κ3) is 4.97. The molecule has 0 spiro atoms. The van der Waals surface area contributed by atoms with Gasteiger partial charge in [-0.15, -0.1) is 0 Å². The fourth-order valence-corrected chi connectivity index (χ4v) is 5.98. The molecule has 0 bridgehead atoms. The zero-order valence-electron chi connectivity index (χ0n) is 21.5. The van der Waals surface area contributed by atoms with Crippen LogP contribution < -0.4 is 19.7 Å². The van der Waals surface area contributed by atoms with Gasteiger partial charge in [0, 0.05) is 34.6 Å². The van der Waals surface area contributed by atoms with Crippen molar-refractivity contribution >= 4 is 38.7 Å². The van der Waals surface area contributed by atoms with Crippen LogP contribution in [0.25, 0.3) is 5.69 Å². The Morgan fingerprint density at radius 2 is 1.68 bits per heavy atom. The Kier molecular flexibility index (Phi) is 6.85. The lowest BCUT2D eigenvalue weighted by Gasteiger charge is -2.28. The predicted octanol–water partition coefficient (Wildman–Crippen LogP) is 5.05. The summed E-state index contributed by atoms with van der Waals surface area (Å²) in [5.41, 5.74) is 6.55. The van der Waals surface area contributed by atoms with Gasteiger partial charge in [0.1, 0.15) is 5.75 Å². The summed E-state index contributed by atoms with van der Waals surface area (Å²) in [6.07, 6.45) is 2.92. The minimum absolute atomic E-state index is 0.190. The number of methoxy groups -OCH3 is 1. The molecule has 0 radical (unpaired) electrons. The maximum Gasteiger partial charge on any atom is 0.229 e. The first-order valence-corrected chi connectivity index (χ1v) is 14.4. The van der Waals surface area contributed by atoms with E-state index in [2.05, 4.69) is 44.4 Å². The van der Waals surface area contributed by atoms with Crippen molar-refractivity contribution in [3.63, 3.8) is 0 Å². The third-order valence-corrected chi connectivity index (χ3v) is 7.59. The second kappa shape index (κ2) is 10.1. The quantitative estimate of drug-likeness (QED) is 0.313. The van der Waals surface area contributed by atoms with Crippen LogP contribution in [-0.2, 0) is 10.0 Å². The summed E-state index contributed by atoms with van der Waals surface area (Å²) in [5.74, 6) is 0.803. The fourth-order valence-electron chi connectivity index (χ4n) is 5.07. The third-order valence-electron chi connectivity index (χ3n) is 6.67. The van der Waals surface area contributed by atoms with Gasteiger partial charge in [-0.1, -0.05) is 6.07 Å². The highest BCUT2D eigenvalue weighted by molar-refractivity contribution is 7.92. The van der Waals surface area contributed by atoms with E-state index < -0.39 is 10.0 Å². The minimum atomic E-state index is -3.38. The van der Waals surface area contributed by atoms with E-state index in [0.29, 0.717) is 10.8 Å². The Balaban J connectivity index is 1.61. The normalized spacial score (nSPS) is 17.4. The van der Waals surface area contributed by atoms with Gasteiger partial charge >= 0.3 is 0 Å². The van der Waals surface area contributed by atoms with Crippen molar-refractivity contribution in [1.82, 2.24) is 14.9 Å². The second-order valence-corrected chi connectivity index (χ2v) is 11.4. The van der Waals surface area contributed by atoms with Gasteiger partial charge in [-0.3, -0.25) is 9.71 Å². The monoisotopic (exact) mass is 547 g/mol. The number of anilines is 2. The lowest BCUT2D eigenvalue weighted by molar-refractivity contribution is 0.414. The Bertz CT molecular complexity index is 1570. The number of thiocarbonyl (C=S) groups is 1. The van der Waals surface area contributed by atoms with Crippen LogP contribution in [0.5, 0.6) is 5.75 Å². The molecule has 10 heteroatoms. The number of aryl methyl sites for hydroxylation is 1. The molecular formula is C28H29N5O3S2. The average molecular weight is 548 g/mol. The molecule has 196 valence electrons. The summed E-state index contributed by atoms with van der Waals surface area (Å²) in [6, 6.07) is 22.9. The molecule has 1 aliphatic rings. The van der Waals surface area contributed by atoms with Crippen molar-refractivity contribution < 1.29 is 13.2 Å². The zero-order chi connectivity index (χ0) is 27.0. The van der Waals surface area contributed by atoms with Gasteiger partial charge in [-0.05, 0) is 98.4 Å². The highest BCUT2D eigenvalue weighted by Gasteiger charge is 2.42. The molecule has 2 atom stereocenters. The molecule has 0 amide bonds. The smallest absolute Gasteiger partial charge is 0.229 e. The van der Waals surface area contributed by atoms with E-state index in [0.717, 1.165) is 46.0 Å². The summed E-state index contributed by atoms with van der Waals surface area (Å²) in [7, 11) is -1.72. The molecule has 2 aromatic carbocycles. The average Bonchev–Trinajstić information content (AvgIpc) is 3.39. The Labute approximate surface area is 228 Å². The lowest BCUT2D eigenvalue weighted by atomic mass is 9.96. The summed E-state index contributed by atoms with van der Waals surface area (Å²) in [4.78, 5) is 6.73. The van der Waals surface area contributed by atoms with Gasteiger partial charge in [-0.2, -0.15) is 0 Å². The number of nitrogens with one attached hydrogen (secondary N) is 2. The topological polar surface area (TPSA) is 88.5 Å². The Hall–Kier alpha value is -3.89. The van der Waals surface area contributed by atoms with Crippen LogP contribution >= 0.6 is 12.2 Å². The summed E-state index contributed by atoms with van der Waals surface area (Å²) < 4.78 is 33.5. The van der Waals surface area contributed by atoms with Gasteiger partial charge in [0.25, 0.3) is 0 Å². The Morgan fingerprint density at radius 1 is 1.00 bits per heavy atom. The summed E-state index contributed by atoms with van der Waals surface area (Å²) in [6.45, 7) is 4.20. The summed E-state index contributed by atoms with van der Waals surface area (Å²) >= 11 is 5.86. The molecule has 38 heavy (non-hydrogen) atoms. The number of aromatic nitrogens is 2. The number of benzene rings is 2. The highest BCUT2D eigenvalue weighted by atomic mass is 32.2. The van der Waals surface area contributed by atoms with Crippen molar-refractivity contribution in [2.24, 2.45) is 0 Å². The molecule has 1 aliphatic heterocycles. The second-order valence-electron chi connectivity index (χ2n) is 9.28. The SMILES string of the molecule is COc1ccc(-n2c(C)cc([C@H]3[C@@H](c4ccccn4)NC(=S)N3c3ccc(NS(C)(=O)=O)cc3)c2C)cc1. The molecule has 4 aromatic rings. The first kappa shape index (κ1) is 25.7. The number of hydrogen-bond acceptors (Lipinski definition) is 5. The number of sulfonamides is 1. The van der Waals surface area contributed by atoms with Gasteiger partial charge in [0.05, 0.1) is 31.1 Å². The van der Waals surface area contributed by atoms with E-state index in [-0.39, 0.29) is 12.1 Å². The molecule has 1 fully saturated rings. The molecule has 3 heterocycles. The number of hydrogen-bond donors (Lipinski definition) is 2. The van der Waals surface area contributed by atoms with Gasteiger partial charge in [0.15, 0.2) is 5.11 Å². The predicted molar refractivity (Wildman–Crippen MR) is 155 cm³/mol. The number of rotatable bonds is 7. The van der Waals surface area contributed by atoms with Crippen molar-refractivity contribution in [2.75, 3.05) is 23.0 Å². The van der Waals surface area contributed by atoms with Crippen LogP contribution in [-0.4, -0.2) is 36.4 Å². The lowest BCUT2D eigenvalue weighted by Crippen LogP contribution is -2.29. The van der Waals surface area contributed by atoms with Crippen LogP contribution in [0.4, 0.5) is 11.4 Å². The van der Waals surface area contributed by atoms with Crippen molar-refractivity contribution in [3.8, 4) is 11.4 Å². The van der Waals surface area contributed by atoms with E-state index in [1.54, 1.807) is 25.4 Å². The van der Waals surface area contributed by atoms with Crippen LogP contribution in [0, 0.1) is 13.8 Å². The Morgan fingerprint density at radius 3 is 2.29 bits per heavy atom. The standard InChI is InChI=1S/C28H29N5O3S2/c1-18-17-24(19(2)32(18)21-12-14-23(36-3)15-13-21)27-26(25-7-5-6-16-29-25)30-28(37)33(27)22-10-8-20(9-11-22)31-38(4,34)35/h5-17,26-27,31H,1-4H3,(H,30,37)/t26-,27+/m1/s1. The van der Waals surface area contributed by atoms with E-state index in [4.69, 9.17) is 17.0 Å². The molecule has 0 aliphatic carbocycles. The van der Waals surface area contributed by atoms with Crippen LogP contribution in [0.1, 0.15) is 34.7 Å². The van der Waals surface area contributed by atoms with Crippen molar-refractivity contribution in [1.29, 1.82) is 0 Å². The molecule has 8 nitrogen and oxygen atoms in total. The van der Waals surface area contributed by atoms with Crippen LogP contribution in [0.3, 0.4) is 0 Å². The van der Waals surface area contributed by atoms with E-state index in [9.17, 15) is 8.42 Å². The minimum Gasteiger partial charge on any atom is -0.497 e. The zero-order valence-corrected chi connectivity index (χ0v) is 23.2. The number of nitrogens with zero attached hydrogens (tertiary/aromatic N) is 3. The van der Waals surface area contributed by atoms with Crippen LogP contribution in [0.15, 0.2) is 79.0 Å².